The van der Waals surface area contributed by atoms with Gasteiger partial charge in [0.1, 0.15) is 11.6 Å². The summed E-state index contributed by atoms with van der Waals surface area (Å²) < 4.78 is 24.2. The van der Waals surface area contributed by atoms with Crippen molar-refractivity contribution in [2.24, 2.45) is 0 Å². The number of rotatable bonds is 4. The fourth-order valence-corrected chi connectivity index (χ4v) is 5.02. The first-order valence-corrected chi connectivity index (χ1v) is 14.6. The van der Waals surface area contributed by atoms with Crippen molar-refractivity contribution in [2.45, 2.75) is 97.1 Å². The predicted octanol–water partition coefficient (Wildman–Crippen LogP) is 4.09. The molecule has 2 aromatic heterocycles. The molecule has 3 saturated heterocycles. The third-order valence-electron chi connectivity index (χ3n) is 9.09. The summed E-state index contributed by atoms with van der Waals surface area (Å²) >= 11 is 0. The van der Waals surface area contributed by atoms with Crippen molar-refractivity contribution < 1.29 is 18.6 Å². The Balaban J connectivity index is 0.000000161. The molecule has 0 bridgehead atoms. The Kier molecular flexibility index (Phi) is 7.85. The first-order chi connectivity index (χ1) is 18.8. The maximum atomic E-state index is 6.05. The minimum Gasteiger partial charge on any atom is -0.399 e. The average molecular weight is 546 g/mol. The quantitative estimate of drug-likeness (QED) is 0.532. The van der Waals surface area contributed by atoms with Gasteiger partial charge in [-0.15, -0.1) is 0 Å². The van der Waals surface area contributed by atoms with E-state index < -0.39 is 7.12 Å². The van der Waals surface area contributed by atoms with Crippen LogP contribution in [-0.2, 0) is 18.6 Å². The van der Waals surface area contributed by atoms with Gasteiger partial charge < -0.3 is 28.4 Å². The van der Waals surface area contributed by atoms with Gasteiger partial charge in [-0.1, -0.05) is 18.2 Å². The normalized spacial score (nSPS) is 24.0. The highest BCUT2D eigenvalue weighted by Gasteiger charge is 2.53. The van der Waals surface area contributed by atoms with E-state index in [4.69, 9.17) is 23.6 Å². The van der Waals surface area contributed by atoms with Gasteiger partial charge in [-0.05, 0) is 92.9 Å². The molecule has 0 amide bonds. The summed E-state index contributed by atoms with van der Waals surface area (Å²) in [6.45, 7) is 19.7. The summed E-state index contributed by atoms with van der Waals surface area (Å²) in [4.78, 5) is 13.7. The van der Waals surface area contributed by atoms with Crippen LogP contribution >= 0.6 is 0 Å². The fraction of sp³-hybridized carbons (Fsp3) is 0.600. The van der Waals surface area contributed by atoms with E-state index in [1.54, 1.807) is 0 Å². The smallest absolute Gasteiger partial charge is 0.399 e. The molecule has 0 N–H and O–H groups in total. The van der Waals surface area contributed by atoms with Crippen LogP contribution in [0.3, 0.4) is 0 Å². The highest BCUT2D eigenvalue weighted by atomic mass is 16.7. The molecule has 4 aliphatic rings. The van der Waals surface area contributed by atoms with E-state index in [0.29, 0.717) is 0 Å². The van der Waals surface area contributed by atoms with Crippen molar-refractivity contribution in [3.63, 3.8) is 0 Å². The molecule has 0 radical (unpaired) electrons. The van der Waals surface area contributed by atoms with Crippen LogP contribution in [0.2, 0.25) is 0 Å². The lowest BCUT2D eigenvalue weighted by atomic mass is 9.80. The lowest BCUT2D eigenvalue weighted by Crippen LogP contribution is -2.41. The zero-order valence-electron chi connectivity index (χ0n) is 25.4. The van der Waals surface area contributed by atoms with E-state index in [-0.39, 0.29) is 29.5 Å². The molecule has 6 rings (SSSR count). The molecule has 0 unspecified atom stereocenters. The lowest BCUT2D eigenvalue weighted by molar-refractivity contribution is 0.00578. The Bertz CT molecular complexity index is 1180. The van der Waals surface area contributed by atoms with Crippen molar-refractivity contribution in [1.29, 1.82) is 0 Å². The molecule has 0 spiro atoms. The zero-order valence-corrected chi connectivity index (χ0v) is 25.4. The lowest BCUT2D eigenvalue weighted by Gasteiger charge is -2.32. The Morgan fingerprint density at radius 2 is 1.30 bits per heavy atom. The van der Waals surface area contributed by atoms with Crippen molar-refractivity contribution in [1.82, 2.24) is 9.97 Å². The number of pyridine rings is 2. The molecular formula is C30H44B2N4O4. The Labute approximate surface area is 240 Å². The summed E-state index contributed by atoms with van der Waals surface area (Å²) in [6, 6.07) is 10.1. The molecule has 0 aromatic carbocycles. The summed E-state index contributed by atoms with van der Waals surface area (Å²) in [5.74, 6) is 2.01. The van der Waals surface area contributed by atoms with Crippen molar-refractivity contribution in [3.05, 3.63) is 48.8 Å². The number of hydrogen-bond donors (Lipinski definition) is 0. The van der Waals surface area contributed by atoms with Gasteiger partial charge in [0.25, 0.3) is 0 Å². The number of nitrogens with zero attached hydrogens (tertiary/aromatic N) is 4. The van der Waals surface area contributed by atoms with E-state index in [0.717, 1.165) is 48.7 Å². The van der Waals surface area contributed by atoms with Gasteiger partial charge >= 0.3 is 14.2 Å². The first-order valence-electron chi connectivity index (χ1n) is 14.6. The molecule has 214 valence electrons. The van der Waals surface area contributed by atoms with Crippen molar-refractivity contribution in [2.75, 3.05) is 29.4 Å². The van der Waals surface area contributed by atoms with Crippen LogP contribution in [0.15, 0.2) is 48.8 Å². The highest BCUT2D eigenvalue weighted by molar-refractivity contribution is 6.62. The SMILES string of the molecule is CC1(C)OB(c2ccc(N3CCCC3)nc2)OC1(C)C.CC1(C)OB(c2cccc(N3C=CCC3)n2)OC1(C)C. The van der Waals surface area contributed by atoms with Crippen LogP contribution in [0.25, 0.3) is 0 Å². The highest BCUT2D eigenvalue weighted by Crippen LogP contribution is 2.37. The van der Waals surface area contributed by atoms with Gasteiger partial charge in [0.15, 0.2) is 0 Å². The molecule has 0 aliphatic carbocycles. The molecular weight excluding hydrogens is 502 g/mol. The van der Waals surface area contributed by atoms with Crippen LogP contribution in [-0.4, -0.2) is 66.2 Å². The van der Waals surface area contributed by atoms with Gasteiger partial charge in [0.05, 0.1) is 28.0 Å². The third kappa shape index (κ3) is 5.82. The van der Waals surface area contributed by atoms with E-state index >= 15 is 0 Å². The minimum atomic E-state index is -0.397. The van der Waals surface area contributed by atoms with Gasteiger partial charge in [0.2, 0.25) is 0 Å². The predicted molar refractivity (Wildman–Crippen MR) is 162 cm³/mol. The van der Waals surface area contributed by atoms with Crippen LogP contribution < -0.4 is 20.9 Å². The van der Waals surface area contributed by atoms with Crippen LogP contribution in [0.5, 0.6) is 0 Å². The van der Waals surface area contributed by atoms with E-state index in [1.807, 2.05) is 24.4 Å². The number of anilines is 2. The largest absolute Gasteiger partial charge is 0.514 e. The van der Waals surface area contributed by atoms with E-state index in [9.17, 15) is 0 Å². The Morgan fingerprint density at radius 1 is 0.700 bits per heavy atom. The molecule has 8 nitrogen and oxygen atoms in total. The second-order valence-electron chi connectivity index (χ2n) is 13.1. The third-order valence-corrected chi connectivity index (χ3v) is 9.09. The molecule has 0 atom stereocenters. The molecule has 6 heterocycles. The standard InChI is InChI=1S/C15H21BN2O2.C15H23BN2O2/c1-14(2)15(3,4)20-16(19-14)12-8-7-9-13(17-12)18-10-5-6-11-18;1-14(2)15(3,4)20-16(19-14)12-7-8-13(17-11-12)18-9-5-6-10-18/h5,7-10H,6,11H2,1-4H3;7-8,11H,5-6,9-10H2,1-4H3. The van der Waals surface area contributed by atoms with Gasteiger partial charge in [-0.3, -0.25) is 0 Å². The maximum Gasteiger partial charge on any atom is 0.514 e. The molecule has 40 heavy (non-hydrogen) atoms. The van der Waals surface area contributed by atoms with Crippen LogP contribution in [0, 0.1) is 0 Å². The van der Waals surface area contributed by atoms with E-state index in [2.05, 4.69) is 94.6 Å². The Hall–Kier alpha value is -2.39. The van der Waals surface area contributed by atoms with E-state index in [1.165, 1.54) is 12.8 Å². The van der Waals surface area contributed by atoms with Crippen LogP contribution in [0.1, 0.15) is 74.7 Å². The summed E-state index contributed by atoms with van der Waals surface area (Å²) in [5.41, 5.74) is 0.565. The summed E-state index contributed by atoms with van der Waals surface area (Å²) in [5, 5.41) is 0. The van der Waals surface area contributed by atoms with Gasteiger partial charge in [-0.25, -0.2) is 9.97 Å². The molecule has 2 aromatic rings. The summed E-state index contributed by atoms with van der Waals surface area (Å²) in [6.07, 6.45) is 9.72. The number of aromatic nitrogens is 2. The second-order valence-corrected chi connectivity index (χ2v) is 13.1. The molecule has 3 fully saturated rings. The minimum absolute atomic E-state index is 0.300. The maximum absolute atomic E-state index is 6.05. The first kappa shape index (κ1) is 29.1. The number of hydrogen-bond acceptors (Lipinski definition) is 8. The van der Waals surface area contributed by atoms with Crippen molar-refractivity contribution >= 4 is 36.9 Å². The molecule has 0 saturated carbocycles. The van der Waals surface area contributed by atoms with Gasteiger partial charge in [-0.2, -0.15) is 0 Å². The Morgan fingerprint density at radius 3 is 1.82 bits per heavy atom. The summed E-state index contributed by atoms with van der Waals surface area (Å²) in [7, 11) is -0.716. The van der Waals surface area contributed by atoms with Crippen molar-refractivity contribution in [3.8, 4) is 0 Å². The average Bonchev–Trinajstić information content (AvgIpc) is 3.68. The van der Waals surface area contributed by atoms with Crippen LogP contribution in [0.4, 0.5) is 11.6 Å². The second kappa shape index (κ2) is 10.8. The topological polar surface area (TPSA) is 69.2 Å². The zero-order chi connectivity index (χ0) is 28.8. The molecule has 4 aliphatic heterocycles. The van der Waals surface area contributed by atoms with Gasteiger partial charge in [0, 0.05) is 37.5 Å². The fourth-order valence-electron chi connectivity index (χ4n) is 5.02. The monoisotopic (exact) mass is 546 g/mol. The molecule has 10 heteroatoms.